The highest BCUT2D eigenvalue weighted by Crippen LogP contribution is 2.43. The van der Waals surface area contributed by atoms with Gasteiger partial charge in [-0.3, -0.25) is 0 Å². The number of hydrogen-bond acceptors (Lipinski definition) is 2. The molecule has 1 aromatic carbocycles. The zero-order chi connectivity index (χ0) is 14.8. The number of methoxy groups -OCH3 is 1. The fourth-order valence-electron chi connectivity index (χ4n) is 3.38. The Morgan fingerprint density at radius 3 is 2.50 bits per heavy atom. The first kappa shape index (κ1) is 15.8. The van der Waals surface area contributed by atoms with Crippen molar-refractivity contribution in [2.24, 2.45) is 5.92 Å². The van der Waals surface area contributed by atoms with Crippen molar-refractivity contribution in [1.29, 1.82) is 0 Å². The van der Waals surface area contributed by atoms with Crippen molar-refractivity contribution in [2.45, 2.75) is 51.2 Å². The molecule has 1 aliphatic rings. The number of halogens is 1. The maximum atomic E-state index is 6.30. The Morgan fingerprint density at radius 2 is 2.00 bits per heavy atom. The van der Waals surface area contributed by atoms with Crippen LogP contribution in [-0.4, -0.2) is 19.8 Å². The van der Waals surface area contributed by atoms with Gasteiger partial charge in [-0.2, -0.15) is 0 Å². The zero-order valence-electron chi connectivity index (χ0n) is 13.0. The van der Waals surface area contributed by atoms with Gasteiger partial charge in [-0.15, -0.1) is 0 Å². The molecule has 1 aliphatic carbocycles. The number of ether oxygens (including phenoxy) is 1. The fourth-order valence-corrected chi connectivity index (χ4v) is 3.57. The van der Waals surface area contributed by atoms with Crippen LogP contribution in [0, 0.1) is 12.8 Å². The number of nitrogens with one attached hydrogen (secondary N) is 1. The fraction of sp³-hybridized carbons (Fsp3) is 0.647. The molecule has 0 spiro atoms. The number of hydrogen-bond donors (Lipinski definition) is 1. The summed E-state index contributed by atoms with van der Waals surface area (Å²) in [6.07, 6.45) is 4.65. The molecule has 3 heteroatoms. The van der Waals surface area contributed by atoms with Crippen molar-refractivity contribution in [3.8, 4) is 0 Å². The summed E-state index contributed by atoms with van der Waals surface area (Å²) in [5.74, 6) is 0.803. The molecule has 2 nitrogen and oxygen atoms in total. The van der Waals surface area contributed by atoms with Crippen LogP contribution in [0.4, 0.5) is 0 Å². The molecule has 1 aromatic rings. The van der Waals surface area contributed by atoms with E-state index in [-0.39, 0.29) is 11.6 Å². The van der Waals surface area contributed by atoms with Crippen LogP contribution in [0.25, 0.3) is 0 Å². The van der Waals surface area contributed by atoms with Crippen molar-refractivity contribution in [3.05, 3.63) is 34.3 Å². The highest BCUT2D eigenvalue weighted by molar-refractivity contribution is 6.31. The Bertz CT molecular complexity index is 452. The monoisotopic (exact) mass is 295 g/mol. The third-order valence-corrected chi connectivity index (χ3v) is 5.28. The molecule has 1 fully saturated rings. The molecule has 112 valence electrons. The molecule has 0 aliphatic heterocycles. The van der Waals surface area contributed by atoms with Gasteiger partial charge < -0.3 is 10.1 Å². The zero-order valence-corrected chi connectivity index (χ0v) is 13.8. The number of likely N-dealkylation sites (N-methyl/N-ethyl adjacent to an activating group) is 1. The van der Waals surface area contributed by atoms with E-state index in [9.17, 15) is 0 Å². The summed E-state index contributed by atoms with van der Waals surface area (Å²) < 4.78 is 6.00. The van der Waals surface area contributed by atoms with Crippen molar-refractivity contribution in [2.75, 3.05) is 14.2 Å². The van der Waals surface area contributed by atoms with E-state index in [0.29, 0.717) is 0 Å². The molecule has 0 aromatic heterocycles. The van der Waals surface area contributed by atoms with E-state index >= 15 is 0 Å². The lowest BCUT2D eigenvalue weighted by atomic mass is 9.73. The summed E-state index contributed by atoms with van der Waals surface area (Å²) in [6.45, 7) is 4.37. The van der Waals surface area contributed by atoms with Crippen LogP contribution in [0.3, 0.4) is 0 Å². The van der Waals surface area contributed by atoms with E-state index < -0.39 is 0 Å². The molecule has 0 saturated heterocycles. The molecule has 0 amide bonds. The number of rotatable bonds is 4. The predicted octanol–water partition coefficient (Wildman–Crippen LogP) is 4.50. The van der Waals surface area contributed by atoms with Gasteiger partial charge in [0.2, 0.25) is 0 Å². The molecule has 0 heterocycles. The third kappa shape index (κ3) is 3.03. The third-order valence-electron chi connectivity index (χ3n) is 4.87. The van der Waals surface area contributed by atoms with Gasteiger partial charge in [0.05, 0.1) is 11.6 Å². The molecule has 1 unspecified atom stereocenters. The minimum atomic E-state index is -0.111. The molecular formula is C17H26ClNO. The molecule has 1 saturated carbocycles. The predicted molar refractivity (Wildman–Crippen MR) is 85.4 cm³/mol. The minimum absolute atomic E-state index is 0.111. The maximum Gasteiger partial charge on any atom is 0.0872 e. The molecule has 1 N–H and O–H groups in total. The molecule has 20 heavy (non-hydrogen) atoms. The van der Waals surface area contributed by atoms with Crippen LogP contribution >= 0.6 is 11.6 Å². The van der Waals surface area contributed by atoms with Gasteiger partial charge in [0.15, 0.2) is 0 Å². The van der Waals surface area contributed by atoms with E-state index in [1.54, 1.807) is 0 Å². The Labute approximate surface area is 127 Å². The standard InChI is InChI=1S/C17H26ClNO/c1-12-7-9-17(20-4,10-8-12)16(19-3)14-6-5-13(2)15(18)11-14/h5-6,11-12,16,19H,7-10H2,1-4H3. The van der Waals surface area contributed by atoms with Gasteiger partial charge >= 0.3 is 0 Å². The molecule has 0 radical (unpaired) electrons. The smallest absolute Gasteiger partial charge is 0.0872 e. The van der Waals surface area contributed by atoms with Crippen molar-refractivity contribution in [3.63, 3.8) is 0 Å². The Morgan fingerprint density at radius 1 is 1.35 bits per heavy atom. The second-order valence-electron chi connectivity index (χ2n) is 6.18. The SMILES string of the molecule is CNC(c1ccc(C)c(Cl)c1)C1(OC)CCC(C)CC1. The first-order valence-electron chi connectivity index (χ1n) is 7.51. The summed E-state index contributed by atoms with van der Waals surface area (Å²) >= 11 is 6.30. The van der Waals surface area contributed by atoms with Crippen LogP contribution in [0.2, 0.25) is 5.02 Å². The largest absolute Gasteiger partial charge is 0.376 e. The Balaban J connectivity index is 2.31. The van der Waals surface area contributed by atoms with Gasteiger partial charge in [-0.25, -0.2) is 0 Å². The van der Waals surface area contributed by atoms with Crippen molar-refractivity contribution in [1.82, 2.24) is 5.32 Å². The molecule has 1 atom stereocenters. The highest BCUT2D eigenvalue weighted by Gasteiger charge is 2.41. The van der Waals surface area contributed by atoms with E-state index in [2.05, 4.69) is 30.4 Å². The number of aryl methyl sites for hydroxylation is 1. The number of benzene rings is 1. The Kier molecular flexibility index (Phi) is 5.11. The van der Waals surface area contributed by atoms with Gasteiger partial charge in [0.25, 0.3) is 0 Å². The van der Waals surface area contributed by atoms with Crippen molar-refractivity contribution < 1.29 is 4.74 Å². The maximum absolute atomic E-state index is 6.30. The summed E-state index contributed by atoms with van der Waals surface area (Å²) in [7, 11) is 3.85. The van der Waals surface area contributed by atoms with E-state index in [4.69, 9.17) is 16.3 Å². The van der Waals surface area contributed by atoms with Gasteiger partial charge in [0, 0.05) is 12.1 Å². The summed E-state index contributed by atoms with van der Waals surface area (Å²) in [5, 5.41) is 4.29. The van der Waals surface area contributed by atoms with E-state index in [1.165, 1.54) is 18.4 Å². The van der Waals surface area contributed by atoms with Gasteiger partial charge in [-0.1, -0.05) is 30.7 Å². The lowest BCUT2D eigenvalue weighted by Gasteiger charge is -2.44. The first-order chi connectivity index (χ1) is 9.52. The second kappa shape index (κ2) is 6.46. The van der Waals surface area contributed by atoms with Crippen LogP contribution < -0.4 is 5.32 Å². The topological polar surface area (TPSA) is 21.3 Å². The Hall–Kier alpha value is -0.570. The summed E-state index contributed by atoms with van der Waals surface area (Å²) in [4.78, 5) is 0. The van der Waals surface area contributed by atoms with Gasteiger partial charge in [-0.05, 0) is 62.8 Å². The van der Waals surface area contributed by atoms with E-state index in [1.807, 2.05) is 21.1 Å². The van der Waals surface area contributed by atoms with Crippen LogP contribution in [0.1, 0.15) is 49.8 Å². The summed E-state index contributed by atoms with van der Waals surface area (Å²) in [6, 6.07) is 6.53. The van der Waals surface area contributed by atoms with Gasteiger partial charge in [0.1, 0.15) is 0 Å². The van der Waals surface area contributed by atoms with E-state index in [0.717, 1.165) is 29.3 Å². The second-order valence-corrected chi connectivity index (χ2v) is 6.59. The van der Waals surface area contributed by atoms with Crippen LogP contribution in [-0.2, 0) is 4.74 Å². The average Bonchev–Trinajstić information content (AvgIpc) is 2.46. The highest BCUT2D eigenvalue weighted by atomic mass is 35.5. The van der Waals surface area contributed by atoms with Crippen LogP contribution in [0.15, 0.2) is 18.2 Å². The lowest BCUT2D eigenvalue weighted by Crippen LogP contribution is -2.46. The first-order valence-corrected chi connectivity index (χ1v) is 7.88. The van der Waals surface area contributed by atoms with Crippen LogP contribution in [0.5, 0.6) is 0 Å². The minimum Gasteiger partial charge on any atom is -0.376 e. The van der Waals surface area contributed by atoms with Crippen molar-refractivity contribution >= 4 is 11.6 Å². The molecular weight excluding hydrogens is 270 g/mol. The quantitative estimate of drug-likeness (QED) is 0.883. The lowest BCUT2D eigenvalue weighted by molar-refractivity contribution is -0.0745. The average molecular weight is 296 g/mol. The normalized spacial score (nSPS) is 28.4. The molecule has 0 bridgehead atoms. The summed E-state index contributed by atoms with van der Waals surface area (Å²) in [5.41, 5.74) is 2.23. The molecule has 2 rings (SSSR count).